The van der Waals surface area contributed by atoms with Crippen LogP contribution >= 0.6 is 0 Å². The normalized spacial score (nSPS) is 10.1. The van der Waals surface area contributed by atoms with Crippen molar-refractivity contribution in [2.75, 3.05) is 30.0 Å². The number of nitrogens with one attached hydrogen (secondary N) is 1. The summed E-state index contributed by atoms with van der Waals surface area (Å²) >= 11 is 0. The Hall–Kier alpha value is -2.37. The van der Waals surface area contributed by atoms with Crippen LogP contribution in [0.3, 0.4) is 0 Å². The highest BCUT2D eigenvalue weighted by Crippen LogP contribution is 2.10. The third kappa shape index (κ3) is 3.07. The van der Waals surface area contributed by atoms with Crippen molar-refractivity contribution in [3.63, 3.8) is 0 Å². The molecule has 0 bridgehead atoms. The third-order valence-electron chi connectivity index (χ3n) is 2.33. The topological polar surface area (TPSA) is 80.0 Å². The number of nitrogens with zero attached hydrogens (tertiary/aromatic N) is 4. The van der Waals surface area contributed by atoms with Crippen molar-refractivity contribution in [3.8, 4) is 0 Å². The van der Waals surface area contributed by atoms with Crippen LogP contribution in [0.25, 0.3) is 0 Å². The number of anilines is 3. The molecule has 18 heavy (non-hydrogen) atoms. The van der Waals surface area contributed by atoms with Gasteiger partial charge in [0.2, 0.25) is 17.8 Å². The van der Waals surface area contributed by atoms with Crippen LogP contribution in [-0.4, -0.2) is 29.0 Å². The van der Waals surface area contributed by atoms with Crippen LogP contribution in [0, 0.1) is 0 Å². The molecule has 0 aliphatic rings. The van der Waals surface area contributed by atoms with E-state index in [1.165, 1.54) is 0 Å². The van der Waals surface area contributed by atoms with Crippen LogP contribution < -0.4 is 16.0 Å². The minimum absolute atomic E-state index is 0.212. The molecule has 0 radical (unpaired) electrons. The van der Waals surface area contributed by atoms with Crippen molar-refractivity contribution < 1.29 is 0 Å². The first-order chi connectivity index (χ1) is 8.65. The largest absolute Gasteiger partial charge is 0.368 e. The SMILES string of the molecule is CN(C)c1nc(N)nc(NCc2ccccc2)n1. The fraction of sp³-hybridized carbons (Fsp3) is 0.250. The Balaban J connectivity index is 2.10. The lowest BCUT2D eigenvalue weighted by Gasteiger charge is -2.12. The van der Waals surface area contributed by atoms with Crippen molar-refractivity contribution >= 4 is 17.8 Å². The summed E-state index contributed by atoms with van der Waals surface area (Å²) in [5.41, 5.74) is 6.79. The molecule has 0 amide bonds. The van der Waals surface area contributed by atoms with Crippen molar-refractivity contribution in [2.45, 2.75) is 6.54 Å². The van der Waals surface area contributed by atoms with E-state index in [9.17, 15) is 0 Å². The van der Waals surface area contributed by atoms with Gasteiger partial charge < -0.3 is 16.0 Å². The van der Waals surface area contributed by atoms with Gasteiger partial charge in [-0.2, -0.15) is 15.0 Å². The summed E-state index contributed by atoms with van der Waals surface area (Å²) in [6.45, 7) is 0.650. The van der Waals surface area contributed by atoms with Crippen LogP contribution in [0.4, 0.5) is 17.8 Å². The van der Waals surface area contributed by atoms with E-state index in [2.05, 4.69) is 20.3 Å². The van der Waals surface area contributed by atoms with E-state index >= 15 is 0 Å². The second-order valence-corrected chi connectivity index (χ2v) is 4.05. The molecule has 0 aliphatic carbocycles. The van der Waals surface area contributed by atoms with E-state index in [0.717, 1.165) is 5.56 Å². The Morgan fingerprint density at radius 1 is 1.11 bits per heavy atom. The van der Waals surface area contributed by atoms with Crippen molar-refractivity contribution in [1.29, 1.82) is 0 Å². The van der Waals surface area contributed by atoms with Crippen LogP contribution in [0.5, 0.6) is 0 Å². The first-order valence-electron chi connectivity index (χ1n) is 5.62. The quantitative estimate of drug-likeness (QED) is 0.839. The highest BCUT2D eigenvalue weighted by molar-refractivity contribution is 5.41. The summed E-state index contributed by atoms with van der Waals surface area (Å²) in [7, 11) is 3.71. The van der Waals surface area contributed by atoms with Crippen LogP contribution in [0.2, 0.25) is 0 Å². The summed E-state index contributed by atoms with van der Waals surface area (Å²) in [5, 5.41) is 3.13. The second kappa shape index (κ2) is 5.31. The molecule has 0 aliphatic heterocycles. The molecule has 0 saturated heterocycles. The molecule has 6 nitrogen and oxygen atoms in total. The highest BCUT2D eigenvalue weighted by atomic mass is 15.3. The molecule has 0 unspecified atom stereocenters. The summed E-state index contributed by atoms with van der Waals surface area (Å²) in [4.78, 5) is 14.1. The summed E-state index contributed by atoms with van der Waals surface area (Å²) in [5.74, 6) is 1.23. The lowest BCUT2D eigenvalue weighted by Crippen LogP contribution is -2.16. The van der Waals surface area contributed by atoms with E-state index in [-0.39, 0.29) is 5.95 Å². The van der Waals surface area contributed by atoms with E-state index < -0.39 is 0 Å². The third-order valence-corrected chi connectivity index (χ3v) is 2.33. The maximum atomic E-state index is 5.64. The van der Waals surface area contributed by atoms with E-state index in [0.29, 0.717) is 18.4 Å². The first-order valence-corrected chi connectivity index (χ1v) is 5.62. The molecule has 1 aromatic carbocycles. The molecule has 1 aromatic heterocycles. The Morgan fingerprint density at radius 2 is 1.83 bits per heavy atom. The van der Waals surface area contributed by atoms with Crippen LogP contribution in [0.15, 0.2) is 30.3 Å². The summed E-state index contributed by atoms with van der Waals surface area (Å²) in [6.07, 6.45) is 0. The average molecular weight is 244 g/mol. The van der Waals surface area contributed by atoms with Gasteiger partial charge in [-0.05, 0) is 5.56 Å². The predicted octanol–water partition coefficient (Wildman–Crippen LogP) is 1.13. The van der Waals surface area contributed by atoms with Crippen molar-refractivity contribution in [2.24, 2.45) is 0 Å². The zero-order chi connectivity index (χ0) is 13.0. The van der Waals surface area contributed by atoms with E-state index in [1.807, 2.05) is 44.4 Å². The number of hydrogen-bond donors (Lipinski definition) is 2. The molecule has 1 heterocycles. The van der Waals surface area contributed by atoms with Gasteiger partial charge in [0.1, 0.15) is 0 Å². The van der Waals surface area contributed by atoms with Gasteiger partial charge in [-0.25, -0.2) is 0 Å². The van der Waals surface area contributed by atoms with Gasteiger partial charge >= 0.3 is 0 Å². The van der Waals surface area contributed by atoms with Gasteiger partial charge in [0.25, 0.3) is 0 Å². The van der Waals surface area contributed by atoms with Gasteiger partial charge in [-0.15, -0.1) is 0 Å². The van der Waals surface area contributed by atoms with Gasteiger partial charge in [-0.3, -0.25) is 0 Å². The molecule has 2 rings (SSSR count). The zero-order valence-electron chi connectivity index (χ0n) is 10.5. The maximum absolute atomic E-state index is 5.64. The van der Waals surface area contributed by atoms with Gasteiger partial charge in [-0.1, -0.05) is 30.3 Å². The molecule has 0 saturated carbocycles. The van der Waals surface area contributed by atoms with E-state index in [4.69, 9.17) is 5.73 Å². The first kappa shape index (κ1) is 12.1. The molecule has 0 atom stereocenters. The van der Waals surface area contributed by atoms with Crippen LogP contribution in [0.1, 0.15) is 5.56 Å². The number of rotatable bonds is 4. The fourth-order valence-corrected chi connectivity index (χ4v) is 1.44. The number of nitrogens with two attached hydrogens (primary N) is 1. The molecular formula is C12H16N6. The smallest absolute Gasteiger partial charge is 0.231 e. The monoisotopic (exact) mass is 244 g/mol. The number of hydrogen-bond acceptors (Lipinski definition) is 6. The Bertz CT molecular complexity index is 511. The maximum Gasteiger partial charge on any atom is 0.231 e. The molecule has 0 spiro atoms. The molecule has 2 aromatic rings. The number of benzene rings is 1. The lowest BCUT2D eigenvalue weighted by atomic mass is 10.2. The molecule has 0 fully saturated rings. The zero-order valence-corrected chi connectivity index (χ0v) is 10.5. The Kier molecular flexibility index (Phi) is 3.57. The fourth-order valence-electron chi connectivity index (χ4n) is 1.44. The molecular weight excluding hydrogens is 228 g/mol. The minimum Gasteiger partial charge on any atom is -0.368 e. The van der Waals surface area contributed by atoms with Crippen LogP contribution in [-0.2, 0) is 6.54 Å². The van der Waals surface area contributed by atoms with Crippen molar-refractivity contribution in [1.82, 2.24) is 15.0 Å². The second-order valence-electron chi connectivity index (χ2n) is 4.05. The van der Waals surface area contributed by atoms with E-state index in [1.54, 1.807) is 4.90 Å². The average Bonchev–Trinajstić information content (AvgIpc) is 2.37. The predicted molar refractivity (Wildman–Crippen MR) is 72.3 cm³/mol. The summed E-state index contributed by atoms with van der Waals surface area (Å²) < 4.78 is 0. The minimum atomic E-state index is 0.212. The standard InChI is InChI=1S/C12H16N6/c1-18(2)12-16-10(13)15-11(17-12)14-8-9-6-4-3-5-7-9/h3-7H,8H2,1-2H3,(H3,13,14,15,16,17). The highest BCUT2D eigenvalue weighted by Gasteiger charge is 2.05. The number of aromatic nitrogens is 3. The van der Waals surface area contributed by atoms with Gasteiger partial charge in [0.05, 0.1) is 0 Å². The van der Waals surface area contributed by atoms with Gasteiger partial charge in [0, 0.05) is 20.6 Å². The summed E-state index contributed by atoms with van der Waals surface area (Å²) in [6, 6.07) is 10.0. The Labute approximate surface area is 106 Å². The molecule has 3 N–H and O–H groups in total. The molecule has 6 heteroatoms. The number of nitrogen functional groups attached to an aromatic ring is 1. The van der Waals surface area contributed by atoms with Crippen molar-refractivity contribution in [3.05, 3.63) is 35.9 Å². The molecule has 94 valence electrons. The lowest BCUT2D eigenvalue weighted by molar-refractivity contribution is 0.950. The Morgan fingerprint density at radius 3 is 2.50 bits per heavy atom. The van der Waals surface area contributed by atoms with Gasteiger partial charge in [0.15, 0.2) is 0 Å².